The van der Waals surface area contributed by atoms with E-state index in [2.05, 4.69) is 24.0 Å². The molecule has 0 spiro atoms. The highest BCUT2D eigenvalue weighted by molar-refractivity contribution is 7.13. The lowest BCUT2D eigenvalue weighted by atomic mass is 10.2. The summed E-state index contributed by atoms with van der Waals surface area (Å²) < 4.78 is 0. The maximum Gasteiger partial charge on any atom is 0.273 e. The molecule has 0 bridgehead atoms. The van der Waals surface area contributed by atoms with Crippen molar-refractivity contribution in [3.63, 3.8) is 0 Å². The molecule has 6 heteroatoms. The summed E-state index contributed by atoms with van der Waals surface area (Å²) in [7, 11) is 1.79. The van der Waals surface area contributed by atoms with Gasteiger partial charge in [-0.3, -0.25) is 4.79 Å². The summed E-state index contributed by atoms with van der Waals surface area (Å²) in [5.41, 5.74) is 5.96. The molecule has 0 radical (unpaired) electrons. The number of nitrogens with two attached hydrogens (primary N) is 1. The van der Waals surface area contributed by atoms with Crippen molar-refractivity contribution in [1.29, 1.82) is 0 Å². The topological polar surface area (TPSA) is 59.2 Å². The van der Waals surface area contributed by atoms with Gasteiger partial charge in [0.25, 0.3) is 5.91 Å². The van der Waals surface area contributed by atoms with Crippen molar-refractivity contribution < 1.29 is 4.79 Å². The van der Waals surface area contributed by atoms with Crippen LogP contribution in [-0.4, -0.2) is 22.8 Å². The summed E-state index contributed by atoms with van der Waals surface area (Å²) >= 11 is 2.99. The van der Waals surface area contributed by atoms with Gasteiger partial charge in [-0.2, -0.15) is 0 Å². The van der Waals surface area contributed by atoms with Gasteiger partial charge < -0.3 is 10.6 Å². The standard InChI is InChI=1S/C12H15N3OS2/c1-7-4-5-10(18-7)8(2)15(3)11(16)9-6-17-12(13)14-9/h4-6,8H,1-3H3,(H2,13,14). The van der Waals surface area contributed by atoms with Crippen molar-refractivity contribution in [1.82, 2.24) is 9.88 Å². The number of carbonyl (C=O) groups excluding carboxylic acids is 1. The van der Waals surface area contributed by atoms with E-state index < -0.39 is 0 Å². The summed E-state index contributed by atoms with van der Waals surface area (Å²) in [6.07, 6.45) is 0. The van der Waals surface area contributed by atoms with E-state index in [4.69, 9.17) is 5.73 Å². The minimum atomic E-state index is -0.0958. The molecule has 18 heavy (non-hydrogen) atoms. The van der Waals surface area contributed by atoms with Crippen molar-refractivity contribution in [2.24, 2.45) is 0 Å². The Bertz CT molecular complexity index is 561. The SMILES string of the molecule is Cc1ccc(C(C)N(C)C(=O)c2csc(N)n2)s1. The first-order valence-corrected chi connectivity index (χ1v) is 7.23. The first-order chi connectivity index (χ1) is 8.49. The monoisotopic (exact) mass is 281 g/mol. The summed E-state index contributed by atoms with van der Waals surface area (Å²) in [6, 6.07) is 4.17. The fraction of sp³-hybridized carbons (Fsp3) is 0.333. The number of aromatic nitrogens is 1. The van der Waals surface area contributed by atoms with Crippen LogP contribution in [0.25, 0.3) is 0 Å². The normalized spacial score (nSPS) is 12.4. The Labute approximate surface area is 114 Å². The van der Waals surface area contributed by atoms with Crippen LogP contribution in [-0.2, 0) is 0 Å². The van der Waals surface area contributed by atoms with Crippen molar-refractivity contribution >= 4 is 33.7 Å². The van der Waals surface area contributed by atoms with E-state index in [-0.39, 0.29) is 11.9 Å². The molecule has 0 aromatic carbocycles. The Morgan fingerprint density at radius 1 is 1.50 bits per heavy atom. The van der Waals surface area contributed by atoms with Crippen molar-refractivity contribution in [3.05, 3.63) is 33.0 Å². The first-order valence-electron chi connectivity index (χ1n) is 5.53. The van der Waals surface area contributed by atoms with Gasteiger partial charge in [-0.15, -0.1) is 22.7 Å². The highest BCUT2D eigenvalue weighted by Gasteiger charge is 2.21. The Morgan fingerprint density at radius 3 is 2.72 bits per heavy atom. The Hall–Kier alpha value is -1.40. The van der Waals surface area contributed by atoms with E-state index in [1.807, 2.05) is 6.92 Å². The van der Waals surface area contributed by atoms with Gasteiger partial charge in [-0.25, -0.2) is 4.98 Å². The minimum Gasteiger partial charge on any atom is -0.375 e. The second-order valence-electron chi connectivity index (χ2n) is 4.11. The van der Waals surface area contributed by atoms with Gasteiger partial charge in [-0.05, 0) is 26.0 Å². The zero-order chi connectivity index (χ0) is 13.3. The molecule has 2 aromatic heterocycles. The average molecular weight is 281 g/mol. The van der Waals surface area contributed by atoms with E-state index in [1.54, 1.807) is 28.7 Å². The molecule has 1 atom stereocenters. The fourth-order valence-electron chi connectivity index (χ4n) is 1.61. The van der Waals surface area contributed by atoms with Gasteiger partial charge in [0.15, 0.2) is 5.13 Å². The van der Waals surface area contributed by atoms with Crippen LogP contribution in [0.3, 0.4) is 0 Å². The van der Waals surface area contributed by atoms with E-state index >= 15 is 0 Å². The van der Waals surface area contributed by atoms with Gasteiger partial charge in [0.2, 0.25) is 0 Å². The zero-order valence-electron chi connectivity index (χ0n) is 10.5. The van der Waals surface area contributed by atoms with E-state index in [0.29, 0.717) is 10.8 Å². The molecule has 4 nitrogen and oxygen atoms in total. The lowest BCUT2D eigenvalue weighted by molar-refractivity contribution is 0.0740. The van der Waals surface area contributed by atoms with Gasteiger partial charge in [0, 0.05) is 22.2 Å². The number of hydrogen-bond acceptors (Lipinski definition) is 5. The van der Waals surface area contributed by atoms with E-state index in [9.17, 15) is 4.79 Å². The molecule has 0 saturated carbocycles. The molecule has 0 aliphatic rings. The summed E-state index contributed by atoms with van der Waals surface area (Å²) in [4.78, 5) is 20.3. The fourth-order valence-corrected chi connectivity index (χ4v) is 3.12. The average Bonchev–Trinajstić information content (AvgIpc) is 2.95. The van der Waals surface area contributed by atoms with E-state index in [0.717, 1.165) is 0 Å². The number of nitrogen functional groups attached to an aromatic ring is 1. The number of nitrogens with zero attached hydrogens (tertiary/aromatic N) is 2. The summed E-state index contributed by atoms with van der Waals surface area (Å²) in [6.45, 7) is 4.07. The second-order valence-corrected chi connectivity index (χ2v) is 6.32. The second kappa shape index (κ2) is 5.07. The lowest BCUT2D eigenvalue weighted by Gasteiger charge is -2.23. The molecule has 1 amide bonds. The molecular weight excluding hydrogens is 266 g/mol. The van der Waals surface area contributed by atoms with Crippen molar-refractivity contribution in [2.45, 2.75) is 19.9 Å². The highest BCUT2D eigenvalue weighted by atomic mass is 32.1. The third kappa shape index (κ3) is 2.54. The van der Waals surface area contributed by atoms with Gasteiger partial charge in [0.05, 0.1) is 6.04 Å². The molecule has 0 aliphatic heterocycles. The van der Waals surface area contributed by atoms with Crippen LogP contribution in [0, 0.1) is 6.92 Å². The smallest absolute Gasteiger partial charge is 0.273 e. The zero-order valence-corrected chi connectivity index (χ0v) is 12.1. The van der Waals surface area contributed by atoms with Gasteiger partial charge >= 0.3 is 0 Å². The van der Waals surface area contributed by atoms with Crippen LogP contribution in [0.15, 0.2) is 17.5 Å². The maximum atomic E-state index is 12.2. The van der Waals surface area contributed by atoms with Crippen LogP contribution < -0.4 is 5.73 Å². The number of aryl methyl sites for hydroxylation is 1. The molecule has 0 aliphatic carbocycles. The Kier molecular flexibility index (Phi) is 3.68. The molecule has 2 aromatic rings. The molecular formula is C12H15N3OS2. The molecule has 2 rings (SSSR count). The molecule has 0 saturated heterocycles. The Morgan fingerprint density at radius 2 is 2.22 bits per heavy atom. The number of thiophene rings is 1. The number of amides is 1. The molecule has 1 unspecified atom stereocenters. The maximum absolute atomic E-state index is 12.2. The van der Waals surface area contributed by atoms with Crippen LogP contribution in [0.2, 0.25) is 0 Å². The first kappa shape index (κ1) is 13.0. The molecule has 96 valence electrons. The van der Waals surface area contributed by atoms with Crippen LogP contribution in [0.4, 0.5) is 5.13 Å². The van der Waals surface area contributed by atoms with Crippen LogP contribution in [0.1, 0.15) is 33.2 Å². The molecule has 0 fully saturated rings. The number of anilines is 1. The summed E-state index contributed by atoms with van der Waals surface area (Å²) in [5.74, 6) is -0.0958. The molecule has 2 N–H and O–H groups in total. The predicted octanol–water partition coefficient (Wildman–Crippen LogP) is 2.93. The van der Waals surface area contributed by atoms with Crippen molar-refractivity contribution in [2.75, 3.05) is 12.8 Å². The number of rotatable bonds is 3. The Balaban J connectivity index is 2.16. The van der Waals surface area contributed by atoms with Crippen LogP contribution >= 0.6 is 22.7 Å². The van der Waals surface area contributed by atoms with E-state index in [1.165, 1.54) is 21.1 Å². The summed E-state index contributed by atoms with van der Waals surface area (Å²) in [5, 5.41) is 2.12. The molecule has 2 heterocycles. The number of carbonyl (C=O) groups is 1. The largest absolute Gasteiger partial charge is 0.375 e. The highest BCUT2D eigenvalue weighted by Crippen LogP contribution is 2.27. The quantitative estimate of drug-likeness (QED) is 0.941. The predicted molar refractivity (Wildman–Crippen MR) is 76.1 cm³/mol. The van der Waals surface area contributed by atoms with Crippen molar-refractivity contribution in [3.8, 4) is 0 Å². The third-order valence-corrected chi connectivity index (χ3v) is 4.66. The lowest BCUT2D eigenvalue weighted by Crippen LogP contribution is -2.29. The van der Waals surface area contributed by atoms with Crippen LogP contribution in [0.5, 0.6) is 0 Å². The minimum absolute atomic E-state index is 0.0409. The number of thiazole rings is 1. The third-order valence-electron chi connectivity index (χ3n) is 2.82. The van der Waals surface area contributed by atoms with Gasteiger partial charge in [0.1, 0.15) is 5.69 Å². The van der Waals surface area contributed by atoms with Gasteiger partial charge in [-0.1, -0.05) is 0 Å². The number of hydrogen-bond donors (Lipinski definition) is 1.